The Kier molecular flexibility index (Phi) is 5.79. The van der Waals surface area contributed by atoms with Crippen LogP contribution in [0.25, 0.3) is 0 Å². The van der Waals surface area contributed by atoms with Crippen LogP contribution in [0, 0.1) is 5.41 Å². The monoisotopic (exact) mass is 399 g/mol. The highest BCUT2D eigenvalue weighted by Gasteiger charge is 2.24. The van der Waals surface area contributed by atoms with Gasteiger partial charge in [0.25, 0.3) is 0 Å². The fourth-order valence-corrected chi connectivity index (χ4v) is 3.40. The average Bonchev–Trinajstić information content (AvgIpc) is 2.39. The van der Waals surface area contributed by atoms with E-state index in [4.69, 9.17) is 21.8 Å². The van der Waals surface area contributed by atoms with Crippen LogP contribution in [0.5, 0.6) is 0 Å². The minimum Gasteiger partial charge on any atom is -0.478 e. The van der Waals surface area contributed by atoms with Gasteiger partial charge in [-0.25, -0.2) is 17.9 Å². The molecule has 0 radical (unpaired) electrons. The molecule has 0 aliphatic heterocycles. The number of aromatic carboxylic acids is 1. The summed E-state index contributed by atoms with van der Waals surface area (Å²) in [5.74, 6) is -1.33. The van der Waals surface area contributed by atoms with Crippen LogP contribution in [0.15, 0.2) is 21.5 Å². The molecule has 0 aliphatic carbocycles. The molecule has 0 spiro atoms. The van der Waals surface area contributed by atoms with E-state index in [1.807, 2.05) is 0 Å². The van der Waals surface area contributed by atoms with E-state index in [2.05, 4.69) is 20.7 Å². The molecule has 6 nitrogen and oxygen atoms in total. The lowest BCUT2D eigenvalue weighted by Crippen LogP contribution is -2.36. The first kappa shape index (κ1) is 18.4. The molecule has 1 rings (SSSR count). The lowest BCUT2D eigenvalue weighted by atomic mass is 9.96. The largest absolute Gasteiger partial charge is 0.478 e. The van der Waals surface area contributed by atoms with Crippen molar-refractivity contribution in [2.45, 2.75) is 18.7 Å². The van der Waals surface area contributed by atoms with Gasteiger partial charge in [0.1, 0.15) is 0 Å². The topological polar surface area (TPSA) is 104 Å². The van der Waals surface area contributed by atoms with Gasteiger partial charge in [0.05, 0.1) is 15.5 Å². The zero-order valence-electron chi connectivity index (χ0n) is 11.4. The van der Waals surface area contributed by atoms with Crippen molar-refractivity contribution in [1.29, 1.82) is 0 Å². The highest BCUT2D eigenvalue weighted by Crippen LogP contribution is 2.30. The normalized spacial score (nSPS) is 12.4. The molecule has 0 aliphatic rings. The van der Waals surface area contributed by atoms with Gasteiger partial charge in [-0.1, -0.05) is 25.4 Å². The molecule has 0 unspecified atom stereocenters. The summed E-state index contributed by atoms with van der Waals surface area (Å²) in [5, 5.41) is 18.1. The molecule has 0 saturated carbocycles. The van der Waals surface area contributed by atoms with Gasteiger partial charge in [-0.2, -0.15) is 0 Å². The van der Waals surface area contributed by atoms with Crippen LogP contribution in [0.4, 0.5) is 0 Å². The second kappa shape index (κ2) is 6.62. The minimum absolute atomic E-state index is 0.00842. The Balaban J connectivity index is 3.18. The number of aliphatic hydroxyl groups excluding tert-OH is 1. The van der Waals surface area contributed by atoms with Crippen LogP contribution in [-0.4, -0.2) is 37.8 Å². The fraction of sp³-hybridized carbons (Fsp3) is 0.417. The number of hydrogen-bond acceptors (Lipinski definition) is 4. The van der Waals surface area contributed by atoms with Crippen LogP contribution >= 0.6 is 27.5 Å². The molecule has 9 heteroatoms. The summed E-state index contributed by atoms with van der Waals surface area (Å²) in [6, 6.07) is 2.22. The Morgan fingerprint density at radius 3 is 2.48 bits per heavy atom. The number of carboxylic acids is 1. The molecule has 0 atom stereocenters. The van der Waals surface area contributed by atoms with E-state index in [1.165, 1.54) is 6.07 Å². The number of benzene rings is 1. The van der Waals surface area contributed by atoms with E-state index in [9.17, 15) is 13.2 Å². The van der Waals surface area contributed by atoms with Gasteiger partial charge in [-0.15, -0.1) is 0 Å². The van der Waals surface area contributed by atoms with Gasteiger partial charge in [0, 0.05) is 23.0 Å². The van der Waals surface area contributed by atoms with Crippen LogP contribution in [0.2, 0.25) is 5.02 Å². The first-order valence-corrected chi connectivity index (χ1v) is 8.48. The number of nitrogens with one attached hydrogen (secondary N) is 1. The third kappa shape index (κ3) is 4.65. The Bertz CT molecular complexity index is 660. The van der Waals surface area contributed by atoms with Gasteiger partial charge < -0.3 is 10.2 Å². The lowest BCUT2D eigenvalue weighted by Gasteiger charge is -2.22. The molecule has 3 N–H and O–H groups in total. The molecular weight excluding hydrogens is 386 g/mol. The average molecular weight is 401 g/mol. The van der Waals surface area contributed by atoms with Crippen molar-refractivity contribution < 1.29 is 23.4 Å². The summed E-state index contributed by atoms with van der Waals surface area (Å²) in [6.45, 7) is 3.20. The molecule has 21 heavy (non-hydrogen) atoms. The van der Waals surface area contributed by atoms with E-state index in [1.54, 1.807) is 13.8 Å². The van der Waals surface area contributed by atoms with Crippen molar-refractivity contribution in [3.63, 3.8) is 0 Å². The summed E-state index contributed by atoms with van der Waals surface area (Å²) in [7, 11) is -3.91. The number of rotatable bonds is 6. The smallest absolute Gasteiger partial charge is 0.337 e. The molecule has 1 aromatic carbocycles. The first-order valence-electron chi connectivity index (χ1n) is 5.83. The van der Waals surface area contributed by atoms with Crippen molar-refractivity contribution >= 4 is 43.5 Å². The zero-order chi connectivity index (χ0) is 16.4. The van der Waals surface area contributed by atoms with Gasteiger partial charge in [-0.05, 0) is 28.1 Å². The van der Waals surface area contributed by atoms with Gasteiger partial charge in [-0.3, -0.25) is 0 Å². The number of halogens is 2. The van der Waals surface area contributed by atoms with E-state index >= 15 is 0 Å². The summed E-state index contributed by atoms with van der Waals surface area (Å²) >= 11 is 8.84. The highest BCUT2D eigenvalue weighted by molar-refractivity contribution is 9.10. The molecule has 118 valence electrons. The summed E-state index contributed by atoms with van der Waals surface area (Å²) < 4.78 is 26.9. The Morgan fingerprint density at radius 2 is 2.00 bits per heavy atom. The van der Waals surface area contributed by atoms with Gasteiger partial charge in [0.2, 0.25) is 10.0 Å². The predicted octanol–water partition coefficient (Wildman–Crippen LogP) is 2.10. The van der Waals surface area contributed by atoms with Crippen LogP contribution < -0.4 is 4.72 Å². The third-order valence-corrected chi connectivity index (χ3v) is 5.35. The number of carboxylic acid groups (broad SMARTS) is 1. The van der Waals surface area contributed by atoms with E-state index in [0.29, 0.717) is 0 Å². The van der Waals surface area contributed by atoms with Crippen LogP contribution in [0.3, 0.4) is 0 Å². The third-order valence-electron chi connectivity index (χ3n) is 2.71. The van der Waals surface area contributed by atoms with Crippen LogP contribution in [-0.2, 0) is 10.0 Å². The molecule has 0 aromatic heterocycles. The van der Waals surface area contributed by atoms with Crippen molar-refractivity contribution in [1.82, 2.24) is 4.72 Å². The zero-order valence-corrected chi connectivity index (χ0v) is 14.5. The summed E-state index contributed by atoms with van der Waals surface area (Å²) in [5.41, 5.74) is -0.945. The fourth-order valence-electron chi connectivity index (χ4n) is 1.30. The van der Waals surface area contributed by atoms with E-state index in [-0.39, 0.29) is 33.1 Å². The lowest BCUT2D eigenvalue weighted by molar-refractivity contribution is 0.0696. The Labute approximate surface area is 136 Å². The van der Waals surface area contributed by atoms with Crippen molar-refractivity contribution in [3.05, 3.63) is 27.2 Å². The van der Waals surface area contributed by atoms with E-state index in [0.717, 1.165) is 6.07 Å². The molecule has 0 heterocycles. The predicted molar refractivity (Wildman–Crippen MR) is 82.2 cm³/mol. The second-order valence-electron chi connectivity index (χ2n) is 5.22. The number of carbonyl (C=O) groups is 1. The summed E-state index contributed by atoms with van der Waals surface area (Å²) in [4.78, 5) is 10.8. The maximum atomic E-state index is 12.2. The van der Waals surface area contributed by atoms with Crippen LogP contribution in [0.1, 0.15) is 24.2 Å². The Morgan fingerprint density at radius 1 is 1.43 bits per heavy atom. The first-order chi connectivity index (χ1) is 9.50. The van der Waals surface area contributed by atoms with Crippen molar-refractivity contribution in [2.75, 3.05) is 13.2 Å². The van der Waals surface area contributed by atoms with E-state index < -0.39 is 21.4 Å². The molecule has 1 aromatic rings. The number of sulfonamides is 1. The SMILES string of the molecule is CC(C)(CO)CNS(=O)(=O)c1cc(Br)c(Cl)c(C(=O)O)c1. The van der Waals surface area contributed by atoms with Crippen molar-refractivity contribution in [3.8, 4) is 0 Å². The number of aliphatic hydroxyl groups is 1. The molecule has 0 amide bonds. The maximum absolute atomic E-state index is 12.2. The molecular formula is C12H15BrClNO5S. The second-order valence-corrected chi connectivity index (χ2v) is 8.22. The summed E-state index contributed by atoms with van der Waals surface area (Å²) in [6.07, 6.45) is 0. The van der Waals surface area contributed by atoms with Gasteiger partial charge >= 0.3 is 5.97 Å². The molecule has 0 saturated heterocycles. The molecule has 0 bridgehead atoms. The minimum atomic E-state index is -3.91. The highest BCUT2D eigenvalue weighted by atomic mass is 79.9. The standard InChI is InChI=1S/C12H15BrClNO5S/c1-12(2,6-16)5-15-21(19,20)7-3-8(11(17)18)10(14)9(13)4-7/h3-4,15-16H,5-6H2,1-2H3,(H,17,18). The number of hydrogen-bond donors (Lipinski definition) is 3. The maximum Gasteiger partial charge on any atom is 0.337 e. The molecule has 0 fully saturated rings. The quantitative estimate of drug-likeness (QED) is 0.678. The van der Waals surface area contributed by atoms with Crippen molar-refractivity contribution in [2.24, 2.45) is 5.41 Å². The van der Waals surface area contributed by atoms with Gasteiger partial charge in [0.15, 0.2) is 0 Å². The Hall–Kier alpha value is -0.670.